The predicted octanol–water partition coefficient (Wildman–Crippen LogP) is 1.53. The minimum atomic E-state index is -0.493. The Kier molecular flexibility index (Phi) is 5.42. The third-order valence-corrected chi connectivity index (χ3v) is 3.38. The van der Waals surface area contributed by atoms with Crippen molar-refractivity contribution in [1.82, 2.24) is 15.1 Å². The molecule has 122 valence electrons. The van der Waals surface area contributed by atoms with E-state index < -0.39 is 4.92 Å². The number of carbonyl (C=O) groups excluding carboxylic acids is 1. The summed E-state index contributed by atoms with van der Waals surface area (Å²) in [5.41, 5.74) is 0.392. The number of hydrogen-bond acceptors (Lipinski definition) is 5. The second-order valence-corrected chi connectivity index (χ2v) is 5.22. The standard InChI is InChI=1S/C15H18N4O4/c1-11(7-9-20)10-16-15(21)12-6-8-18(17-12)13-4-2-3-5-14(13)19(22)23/h2-6,8,11,20H,7,9-10H2,1H3,(H,16,21). The molecule has 2 N–H and O–H groups in total. The number of carbonyl (C=O) groups is 1. The minimum Gasteiger partial charge on any atom is -0.396 e. The number of benzene rings is 1. The molecule has 8 nitrogen and oxygen atoms in total. The zero-order chi connectivity index (χ0) is 16.8. The number of hydrogen-bond donors (Lipinski definition) is 2. The fraction of sp³-hybridized carbons (Fsp3) is 0.333. The lowest BCUT2D eigenvalue weighted by Crippen LogP contribution is -2.29. The van der Waals surface area contributed by atoms with E-state index in [-0.39, 0.29) is 29.8 Å². The largest absolute Gasteiger partial charge is 0.396 e. The fourth-order valence-electron chi connectivity index (χ4n) is 2.07. The number of aliphatic hydroxyl groups excluding tert-OH is 1. The molecule has 2 aromatic rings. The normalized spacial score (nSPS) is 11.9. The van der Waals surface area contributed by atoms with E-state index in [2.05, 4.69) is 10.4 Å². The Morgan fingerprint density at radius 1 is 1.43 bits per heavy atom. The number of rotatable bonds is 7. The summed E-state index contributed by atoms with van der Waals surface area (Å²) in [6.07, 6.45) is 2.11. The number of amides is 1. The van der Waals surface area contributed by atoms with Gasteiger partial charge in [0, 0.05) is 25.4 Å². The first-order valence-electron chi connectivity index (χ1n) is 7.21. The molecular formula is C15H18N4O4. The summed E-state index contributed by atoms with van der Waals surface area (Å²) in [7, 11) is 0. The summed E-state index contributed by atoms with van der Waals surface area (Å²) in [6, 6.07) is 7.69. The second-order valence-electron chi connectivity index (χ2n) is 5.22. The number of nitro benzene ring substituents is 1. The van der Waals surface area contributed by atoms with Crippen LogP contribution in [0, 0.1) is 16.0 Å². The average molecular weight is 318 g/mol. The molecule has 0 spiro atoms. The van der Waals surface area contributed by atoms with E-state index in [1.165, 1.54) is 23.0 Å². The zero-order valence-electron chi connectivity index (χ0n) is 12.7. The molecule has 0 saturated carbocycles. The first kappa shape index (κ1) is 16.6. The highest BCUT2D eigenvalue weighted by Gasteiger charge is 2.17. The molecule has 0 aliphatic rings. The Balaban J connectivity index is 2.12. The van der Waals surface area contributed by atoms with Gasteiger partial charge in [0.1, 0.15) is 5.69 Å². The van der Waals surface area contributed by atoms with Crippen LogP contribution in [0.1, 0.15) is 23.8 Å². The lowest BCUT2D eigenvalue weighted by atomic mass is 10.1. The van der Waals surface area contributed by atoms with Crippen molar-refractivity contribution in [3.05, 3.63) is 52.3 Å². The molecule has 1 atom stereocenters. The molecule has 1 heterocycles. The topological polar surface area (TPSA) is 110 Å². The molecule has 0 radical (unpaired) electrons. The number of nitro groups is 1. The molecule has 23 heavy (non-hydrogen) atoms. The van der Waals surface area contributed by atoms with Crippen LogP contribution >= 0.6 is 0 Å². The van der Waals surface area contributed by atoms with Crippen molar-refractivity contribution in [2.45, 2.75) is 13.3 Å². The van der Waals surface area contributed by atoms with Gasteiger partial charge in [-0.25, -0.2) is 4.68 Å². The van der Waals surface area contributed by atoms with Crippen molar-refractivity contribution in [3.8, 4) is 5.69 Å². The van der Waals surface area contributed by atoms with Gasteiger partial charge in [-0.05, 0) is 24.5 Å². The van der Waals surface area contributed by atoms with Gasteiger partial charge >= 0.3 is 0 Å². The third-order valence-electron chi connectivity index (χ3n) is 3.38. The highest BCUT2D eigenvalue weighted by Crippen LogP contribution is 2.21. The van der Waals surface area contributed by atoms with Crippen molar-refractivity contribution >= 4 is 11.6 Å². The fourth-order valence-corrected chi connectivity index (χ4v) is 2.07. The minimum absolute atomic E-state index is 0.0728. The van der Waals surface area contributed by atoms with Crippen molar-refractivity contribution < 1.29 is 14.8 Å². The van der Waals surface area contributed by atoms with Crippen molar-refractivity contribution in [3.63, 3.8) is 0 Å². The lowest BCUT2D eigenvalue weighted by molar-refractivity contribution is -0.384. The summed E-state index contributed by atoms with van der Waals surface area (Å²) in [5, 5.41) is 26.7. The van der Waals surface area contributed by atoms with Crippen LogP contribution in [-0.2, 0) is 0 Å². The maximum atomic E-state index is 12.0. The van der Waals surface area contributed by atoms with Crippen LogP contribution in [0.3, 0.4) is 0 Å². The Hall–Kier alpha value is -2.74. The Morgan fingerprint density at radius 2 is 2.17 bits per heavy atom. The number of nitrogens with one attached hydrogen (secondary N) is 1. The van der Waals surface area contributed by atoms with Gasteiger partial charge in [-0.3, -0.25) is 14.9 Å². The van der Waals surface area contributed by atoms with E-state index in [0.29, 0.717) is 18.7 Å². The van der Waals surface area contributed by atoms with E-state index in [0.717, 1.165) is 0 Å². The van der Waals surface area contributed by atoms with Crippen LogP contribution in [0.2, 0.25) is 0 Å². The molecule has 0 aliphatic heterocycles. The van der Waals surface area contributed by atoms with Gasteiger partial charge < -0.3 is 10.4 Å². The molecule has 2 rings (SSSR count). The molecule has 0 fully saturated rings. The quantitative estimate of drug-likeness (QED) is 0.594. The maximum absolute atomic E-state index is 12.0. The molecule has 0 aliphatic carbocycles. The summed E-state index contributed by atoms with van der Waals surface area (Å²) >= 11 is 0. The predicted molar refractivity (Wildman–Crippen MR) is 83.4 cm³/mol. The average Bonchev–Trinajstić information content (AvgIpc) is 3.02. The highest BCUT2D eigenvalue weighted by molar-refractivity contribution is 5.92. The second kappa shape index (κ2) is 7.50. The third kappa shape index (κ3) is 4.13. The van der Waals surface area contributed by atoms with Gasteiger partial charge in [-0.15, -0.1) is 0 Å². The van der Waals surface area contributed by atoms with Gasteiger partial charge in [0.2, 0.25) is 0 Å². The molecule has 1 aromatic heterocycles. The summed E-state index contributed by atoms with van der Waals surface area (Å²) < 4.78 is 1.31. The molecular weight excluding hydrogens is 300 g/mol. The van der Waals surface area contributed by atoms with E-state index in [1.807, 2.05) is 6.92 Å². The van der Waals surface area contributed by atoms with Crippen LogP contribution in [-0.4, -0.2) is 38.9 Å². The van der Waals surface area contributed by atoms with Crippen LogP contribution < -0.4 is 5.32 Å². The molecule has 0 bridgehead atoms. The number of aromatic nitrogens is 2. The zero-order valence-corrected chi connectivity index (χ0v) is 12.7. The molecule has 8 heteroatoms. The molecule has 1 amide bonds. The van der Waals surface area contributed by atoms with E-state index >= 15 is 0 Å². The SMILES string of the molecule is CC(CCO)CNC(=O)c1ccn(-c2ccccc2[N+](=O)[O-])n1. The van der Waals surface area contributed by atoms with Crippen molar-refractivity contribution in [2.24, 2.45) is 5.92 Å². The van der Waals surface area contributed by atoms with Crippen molar-refractivity contribution in [1.29, 1.82) is 0 Å². The maximum Gasteiger partial charge on any atom is 0.294 e. The van der Waals surface area contributed by atoms with E-state index in [9.17, 15) is 14.9 Å². The number of aliphatic hydroxyl groups is 1. The van der Waals surface area contributed by atoms with E-state index in [1.54, 1.807) is 18.2 Å². The summed E-state index contributed by atoms with van der Waals surface area (Å²) in [5.74, 6) is -0.201. The molecule has 0 saturated heterocycles. The monoisotopic (exact) mass is 318 g/mol. The van der Waals surface area contributed by atoms with Gasteiger partial charge in [-0.2, -0.15) is 5.10 Å². The van der Waals surface area contributed by atoms with Crippen molar-refractivity contribution in [2.75, 3.05) is 13.2 Å². The van der Waals surface area contributed by atoms with Gasteiger partial charge in [-0.1, -0.05) is 19.1 Å². The Bertz CT molecular complexity index is 698. The van der Waals surface area contributed by atoms with Crippen LogP contribution in [0.4, 0.5) is 5.69 Å². The van der Waals surface area contributed by atoms with Gasteiger partial charge in [0.25, 0.3) is 11.6 Å². The first-order valence-corrected chi connectivity index (χ1v) is 7.21. The van der Waals surface area contributed by atoms with Crippen LogP contribution in [0.5, 0.6) is 0 Å². The molecule has 1 aromatic carbocycles. The molecule has 1 unspecified atom stereocenters. The lowest BCUT2D eigenvalue weighted by Gasteiger charge is -2.09. The highest BCUT2D eigenvalue weighted by atomic mass is 16.6. The van der Waals surface area contributed by atoms with Gasteiger partial charge in [0.05, 0.1) is 4.92 Å². The van der Waals surface area contributed by atoms with E-state index in [4.69, 9.17) is 5.11 Å². The number of para-hydroxylation sites is 2. The summed E-state index contributed by atoms with van der Waals surface area (Å²) in [6.45, 7) is 2.42. The summed E-state index contributed by atoms with van der Waals surface area (Å²) in [4.78, 5) is 22.6. The van der Waals surface area contributed by atoms with Crippen LogP contribution in [0.25, 0.3) is 5.69 Å². The first-order chi connectivity index (χ1) is 11.0. The Labute approximate surface area is 132 Å². The smallest absolute Gasteiger partial charge is 0.294 e. The van der Waals surface area contributed by atoms with Gasteiger partial charge in [0.15, 0.2) is 5.69 Å². The van der Waals surface area contributed by atoms with Crippen LogP contribution in [0.15, 0.2) is 36.5 Å². The number of nitrogens with zero attached hydrogens (tertiary/aromatic N) is 3. The Morgan fingerprint density at radius 3 is 2.87 bits per heavy atom.